The van der Waals surface area contributed by atoms with Crippen LogP contribution in [0.2, 0.25) is 0 Å². The zero-order chi connectivity index (χ0) is 22.4. The molecular weight excluding hydrogens is 414 g/mol. The normalized spacial score (nSPS) is 13.8. The number of hydrogen-bond donors (Lipinski definition) is 2. The van der Waals surface area contributed by atoms with Gasteiger partial charge in [-0.25, -0.2) is 8.42 Å². The standard InChI is InChI=1S/C23H29N3O4S/c1-3-26(4-2)31(29,30)21-13-8-17(9-14-21)10-15-22(27)24-20-7-5-6-18(16-20)23(28)25-19-11-12-19/h5-9,13-14,16,19H,3-4,10-12,15H2,1-2H3,(H,24,27)(H,25,28). The van der Waals surface area contributed by atoms with Crippen LogP contribution in [-0.4, -0.2) is 43.7 Å². The van der Waals surface area contributed by atoms with Gasteiger partial charge in [0.05, 0.1) is 4.90 Å². The number of nitrogens with one attached hydrogen (secondary N) is 2. The van der Waals surface area contributed by atoms with Crippen LogP contribution < -0.4 is 10.6 Å². The zero-order valence-corrected chi connectivity index (χ0v) is 18.7. The first-order valence-electron chi connectivity index (χ1n) is 10.6. The summed E-state index contributed by atoms with van der Waals surface area (Å²) in [6.45, 7) is 4.46. The van der Waals surface area contributed by atoms with Crippen LogP contribution in [0.25, 0.3) is 0 Å². The minimum absolute atomic E-state index is 0.127. The third-order valence-corrected chi connectivity index (χ3v) is 7.29. The van der Waals surface area contributed by atoms with Crippen LogP contribution in [0.4, 0.5) is 5.69 Å². The molecule has 3 rings (SSSR count). The van der Waals surface area contributed by atoms with Crippen molar-refractivity contribution in [2.75, 3.05) is 18.4 Å². The third-order valence-electron chi connectivity index (χ3n) is 5.23. The van der Waals surface area contributed by atoms with Crippen molar-refractivity contribution in [2.45, 2.75) is 50.5 Å². The van der Waals surface area contributed by atoms with Gasteiger partial charge in [0, 0.05) is 36.8 Å². The second-order valence-corrected chi connectivity index (χ2v) is 9.55. The highest BCUT2D eigenvalue weighted by atomic mass is 32.2. The lowest BCUT2D eigenvalue weighted by atomic mass is 10.1. The number of aryl methyl sites for hydroxylation is 1. The Balaban J connectivity index is 1.54. The van der Waals surface area contributed by atoms with Gasteiger partial charge < -0.3 is 10.6 Å². The van der Waals surface area contributed by atoms with Crippen LogP contribution in [0.3, 0.4) is 0 Å². The van der Waals surface area contributed by atoms with Gasteiger partial charge in [0.15, 0.2) is 0 Å². The Bertz CT molecular complexity index is 1030. The average molecular weight is 444 g/mol. The molecule has 0 radical (unpaired) electrons. The lowest BCUT2D eigenvalue weighted by molar-refractivity contribution is -0.116. The van der Waals surface area contributed by atoms with Crippen molar-refractivity contribution in [3.63, 3.8) is 0 Å². The first-order valence-corrected chi connectivity index (χ1v) is 12.1. The monoisotopic (exact) mass is 443 g/mol. The molecule has 31 heavy (non-hydrogen) atoms. The van der Waals surface area contributed by atoms with Gasteiger partial charge >= 0.3 is 0 Å². The number of anilines is 1. The molecule has 7 nitrogen and oxygen atoms in total. The van der Waals surface area contributed by atoms with E-state index in [1.807, 2.05) is 13.8 Å². The SMILES string of the molecule is CCN(CC)S(=O)(=O)c1ccc(CCC(=O)Nc2cccc(C(=O)NC3CC3)c2)cc1. The Kier molecular flexibility index (Phi) is 7.46. The van der Waals surface area contributed by atoms with Gasteiger partial charge in [0.2, 0.25) is 15.9 Å². The zero-order valence-electron chi connectivity index (χ0n) is 17.9. The largest absolute Gasteiger partial charge is 0.349 e. The lowest BCUT2D eigenvalue weighted by Crippen LogP contribution is -2.30. The van der Waals surface area contributed by atoms with E-state index in [1.165, 1.54) is 4.31 Å². The molecule has 0 aliphatic heterocycles. The van der Waals surface area contributed by atoms with E-state index in [0.29, 0.717) is 30.8 Å². The molecule has 2 amide bonds. The van der Waals surface area contributed by atoms with Crippen molar-refractivity contribution in [1.82, 2.24) is 9.62 Å². The summed E-state index contributed by atoms with van der Waals surface area (Å²) in [7, 11) is -3.48. The summed E-state index contributed by atoms with van der Waals surface area (Å²) < 4.78 is 26.5. The minimum Gasteiger partial charge on any atom is -0.349 e. The van der Waals surface area contributed by atoms with Crippen molar-refractivity contribution >= 4 is 27.5 Å². The molecule has 0 atom stereocenters. The number of nitrogens with zero attached hydrogens (tertiary/aromatic N) is 1. The molecule has 0 saturated heterocycles. The number of carbonyl (C=O) groups is 2. The second-order valence-electron chi connectivity index (χ2n) is 7.61. The molecule has 1 fully saturated rings. The molecule has 166 valence electrons. The molecule has 0 heterocycles. The minimum atomic E-state index is -3.48. The highest BCUT2D eigenvalue weighted by Crippen LogP contribution is 2.20. The number of amides is 2. The molecule has 8 heteroatoms. The summed E-state index contributed by atoms with van der Waals surface area (Å²) in [6, 6.07) is 13.8. The highest BCUT2D eigenvalue weighted by molar-refractivity contribution is 7.89. The molecule has 2 aromatic rings. The molecule has 2 N–H and O–H groups in total. The van der Waals surface area contributed by atoms with Crippen molar-refractivity contribution in [1.29, 1.82) is 0 Å². The number of carbonyl (C=O) groups excluding carboxylic acids is 2. The lowest BCUT2D eigenvalue weighted by Gasteiger charge is -2.18. The number of benzene rings is 2. The maximum atomic E-state index is 12.5. The van der Waals surface area contributed by atoms with Crippen LogP contribution >= 0.6 is 0 Å². The number of hydrogen-bond acceptors (Lipinski definition) is 4. The van der Waals surface area contributed by atoms with Crippen LogP contribution in [-0.2, 0) is 21.2 Å². The Morgan fingerprint density at radius 3 is 2.32 bits per heavy atom. The first-order chi connectivity index (χ1) is 14.8. The third kappa shape index (κ3) is 6.15. The Morgan fingerprint density at radius 2 is 1.71 bits per heavy atom. The summed E-state index contributed by atoms with van der Waals surface area (Å²) in [5, 5.41) is 5.75. The average Bonchev–Trinajstić information content (AvgIpc) is 3.57. The number of sulfonamides is 1. The molecule has 1 saturated carbocycles. The van der Waals surface area contributed by atoms with E-state index in [0.717, 1.165) is 18.4 Å². The predicted molar refractivity (Wildman–Crippen MR) is 120 cm³/mol. The fraction of sp³-hybridized carbons (Fsp3) is 0.391. The maximum Gasteiger partial charge on any atom is 0.251 e. The summed E-state index contributed by atoms with van der Waals surface area (Å²) in [5.74, 6) is -0.294. The predicted octanol–water partition coefficient (Wildman–Crippen LogP) is 3.18. The van der Waals surface area contributed by atoms with Crippen molar-refractivity contribution < 1.29 is 18.0 Å². The smallest absolute Gasteiger partial charge is 0.251 e. The molecule has 0 spiro atoms. The molecule has 2 aromatic carbocycles. The van der Waals surface area contributed by atoms with E-state index >= 15 is 0 Å². The Labute approximate surface area is 183 Å². The summed E-state index contributed by atoms with van der Waals surface area (Å²) >= 11 is 0. The molecular formula is C23H29N3O4S. The molecule has 0 unspecified atom stereocenters. The van der Waals surface area contributed by atoms with Crippen molar-refractivity contribution in [3.05, 3.63) is 59.7 Å². The van der Waals surface area contributed by atoms with Crippen LogP contribution in [0.5, 0.6) is 0 Å². The van der Waals surface area contributed by atoms with Gasteiger partial charge in [-0.05, 0) is 55.2 Å². The Morgan fingerprint density at radius 1 is 1.03 bits per heavy atom. The summed E-state index contributed by atoms with van der Waals surface area (Å²) in [6.07, 6.45) is 2.77. The van der Waals surface area contributed by atoms with E-state index in [9.17, 15) is 18.0 Å². The summed E-state index contributed by atoms with van der Waals surface area (Å²) in [4.78, 5) is 24.7. The van der Waals surface area contributed by atoms with E-state index in [-0.39, 0.29) is 29.2 Å². The molecule has 1 aliphatic rings. The van der Waals surface area contributed by atoms with Crippen LogP contribution in [0.1, 0.15) is 49.0 Å². The van der Waals surface area contributed by atoms with Gasteiger partial charge in [0.1, 0.15) is 0 Å². The van der Waals surface area contributed by atoms with Gasteiger partial charge in [-0.3, -0.25) is 9.59 Å². The van der Waals surface area contributed by atoms with Gasteiger partial charge in [-0.2, -0.15) is 4.31 Å². The highest BCUT2D eigenvalue weighted by Gasteiger charge is 2.24. The van der Waals surface area contributed by atoms with Crippen LogP contribution in [0, 0.1) is 0 Å². The van der Waals surface area contributed by atoms with E-state index in [4.69, 9.17) is 0 Å². The Hall–Kier alpha value is -2.71. The van der Waals surface area contributed by atoms with E-state index < -0.39 is 10.0 Å². The molecule has 0 bridgehead atoms. The van der Waals surface area contributed by atoms with Gasteiger partial charge in [0.25, 0.3) is 5.91 Å². The topological polar surface area (TPSA) is 95.6 Å². The first kappa shape index (κ1) is 23.0. The van der Waals surface area contributed by atoms with Crippen LogP contribution in [0.15, 0.2) is 53.4 Å². The van der Waals surface area contributed by atoms with E-state index in [2.05, 4.69) is 10.6 Å². The summed E-state index contributed by atoms with van der Waals surface area (Å²) in [5.41, 5.74) is 1.98. The number of rotatable bonds is 10. The quantitative estimate of drug-likeness (QED) is 0.590. The fourth-order valence-corrected chi connectivity index (χ4v) is 4.71. The maximum absolute atomic E-state index is 12.5. The molecule has 0 aromatic heterocycles. The van der Waals surface area contributed by atoms with Crippen molar-refractivity contribution in [2.24, 2.45) is 0 Å². The molecule has 1 aliphatic carbocycles. The van der Waals surface area contributed by atoms with Gasteiger partial charge in [-0.15, -0.1) is 0 Å². The fourth-order valence-electron chi connectivity index (χ4n) is 3.26. The van der Waals surface area contributed by atoms with E-state index in [1.54, 1.807) is 48.5 Å². The van der Waals surface area contributed by atoms with Crippen molar-refractivity contribution in [3.8, 4) is 0 Å². The second kappa shape index (κ2) is 10.1. The van der Waals surface area contributed by atoms with Gasteiger partial charge in [-0.1, -0.05) is 32.0 Å².